The fourth-order valence-electron chi connectivity index (χ4n) is 3.00. The van der Waals surface area contributed by atoms with Gasteiger partial charge in [-0.05, 0) is 17.5 Å². The first-order chi connectivity index (χ1) is 12.7. The summed E-state index contributed by atoms with van der Waals surface area (Å²) in [5, 5.41) is 5.59. The summed E-state index contributed by atoms with van der Waals surface area (Å²) in [7, 11) is 0. The maximum Gasteiger partial charge on any atom is 0.271 e. The summed E-state index contributed by atoms with van der Waals surface area (Å²) in [6.45, 7) is 4.31. The molecule has 0 aliphatic heterocycles. The maximum atomic E-state index is 12.8. The topological polar surface area (TPSA) is 67.8 Å². The van der Waals surface area contributed by atoms with E-state index < -0.39 is 0 Å². The lowest BCUT2D eigenvalue weighted by Gasteiger charge is -2.26. The van der Waals surface area contributed by atoms with Crippen molar-refractivity contribution in [2.75, 3.05) is 0 Å². The van der Waals surface area contributed by atoms with Gasteiger partial charge >= 0.3 is 0 Å². The highest BCUT2D eigenvalue weighted by Gasteiger charge is 2.24. The van der Waals surface area contributed by atoms with Crippen LogP contribution in [0.4, 0.5) is 0 Å². The molecule has 2 aromatic heterocycles. The van der Waals surface area contributed by atoms with Crippen molar-refractivity contribution in [1.82, 2.24) is 20.3 Å². The summed E-state index contributed by atoms with van der Waals surface area (Å²) in [5.41, 5.74) is 1.53. The summed E-state index contributed by atoms with van der Waals surface area (Å²) in [6, 6.07) is 11.8. The van der Waals surface area contributed by atoms with Crippen molar-refractivity contribution in [1.29, 1.82) is 0 Å². The second-order valence-electron chi connectivity index (χ2n) is 6.05. The zero-order chi connectivity index (χ0) is 18.4. The minimum absolute atomic E-state index is 0.0307. The molecule has 3 rings (SSSR count). The van der Waals surface area contributed by atoms with Gasteiger partial charge in [0.15, 0.2) is 10.8 Å². The number of amides is 1. The molecule has 0 saturated heterocycles. The standard InChI is InChI=1S/C20H22N4OS/c1-3-14(4-2)17(15-9-6-5-7-10-15)24-19(25)16-13-26-20(23-16)18-21-11-8-12-22-18/h5-14,17H,3-4H2,1-2H3,(H,24,25). The number of carbonyl (C=O) groups is 1. The van der Waals surface area contributed by atoms with Gasteiger partial charge in [0.1, 0.15) is 5.69 Å². The minimum Gasteiger partial charge on any atom is -0.344 e. The van der Waals surface area contributed by atoms with Crippen LogP contribution in [0.25, 0.3) is 10.8 Å². The van der Waals surface area contributed by atoms with Gasteiger partial charge in [0.05, 0.1) is 6.04 Å². The third-order valence-corrected chi connectivity index (χ3v) is 5.30. The zero-order valence-electron chi connectivity index (χ0n) is 14.9. The van der Waals surface area contributed by atoms with E-state index in [1.807, 2.05) is 18.2 Å². The number of carbonyl (C=O) groups excluding carboxylic acids is 1. The molecule has 134 valence electrons. The molecule has 0 fully saturated rings. The smallest absolute Gasteiger partial charge is 0.271 e. The predicted octanol–water partition coefficient (Wildman–Crippen LogP) is 4.51. The van der Waals surface area contributed by atoms with Gasteiger partial charge in [-0.3, -0.25) is 4.79 Å². The molecule has 0 aliphatic rings. The average Bonchev–Trinajstić information content (AvgIpc) is 3.20. The monoisotopic (exact) mass is 366 g/mol. The Labute approximate surface area is 157 Å². The molecule has 6 heteroatoms. The molecule has 1 unspecified atom stereocenters. The van der Waals surface area contributed by atoms with Crippen LogP contribution in [-0.2, 0) is 0 Å². The second-order valence-corrected chi connectivity index (χ2v) is 6.91. The molecule has 26 heavy (non-hydrogen) atoms. The lowest BCUT2D eigenvalue weighted by Crippen LogP contribution is -2.33. The number of hydrogen-bond acceptors (Lipinski definition) is 5. The van der Waals surface area contributed by atoms with Crippen molar-refractivity contribution in [3.8, 4) is 10.8 Å². The zero-order valence-corrected chi connectivity index (χ0v) is 15.7. The number of benzene rings is 1. The van der Waals surface area contributed by atoms with Gasteiger partial charge in [-0.25, -0.2) is 15.0 Å². The number of nitrogens with zero attached hydrogens (tertiary/aromatic N) is 3. The molecule has 1 aromatic carbocycles. The Hall–Kier alpha value is -2.60. The normalized spacial score (nSPS) is 12.1. The van der Waals surface area contributed by atoms with Crippen molar-refractivity contribution in [2.24, 2.45) is 5.92 Å². The number of thiazole rings is 1. The molecular formula is C20H22N4OS. The highest BCUT2D eigenvalue weighted by Crippen LogP contribution is 2.28. The van der Waals surface area contributed by atoms with Crippen LogP contribution in [0.5, 0.6) is 0 Å². The van der Waals surface area contributed by atoms with Crippen LogP contribution in [0.15, 0.2) is 54.2 Å². The highest BCUT2D eigenvalue weighted by molar-refractivity contribution is 7.13. The molecule has 0 aliphatic carbocycles. The van der Waals surface area contributed by atoms with Crippen molar-refractivity contribution < 1.29 is 4.79 Å². The fourth-order valence-corrected chi connectivity index (χ4v) is 3.74. The van der Waals surface area contributed by atoms with Crippen LogP contribution in [0.1, 0.15) is 48.8 Å². The van der Waals surface area contributed by atoms with Gasteiger partial charge < -0.3 is 5.32 Å². The molecule has 2 heterocycles. The van der Waals surface area contributed by atoms with Gasteiger partial charge in [-0.15, -0.1) is 11.3 Å². The largest absolute Gasteiger partial charge is 0.344 e. The van der Waals surface area contributed by atoms with E-state index in [-0.39, 0.29) is 11.9 Å². The summed E-state index contributed by atoms with van der Waals surface area (Å²) < 4.78 is 0. The fraction of sp³-hybridized carbons (Fsp3) is 0.300. The average molecular weight is 366 g/mol. The van der Waals surface area contributed by atoms with Crippen LogP contribution in [-0.4, -0.2) is 20.9 Å². The van der Waals surface area contributed by atoms with Crippen molar-refractivity contribution in [2.45, 2.75) is 32.7 Å². The van der Waals surface area contributed by atoms with Crippen molar-refractivity contribution >= 4 is 17.2 Å². The van der Waals surface area contributed by atoms with Gasteiger partial charge in [-0.1, -0.05) is 57.0 Å². The number of aromatic nitrogens is 3. The van der Waals surface area contributed by atoms with Crippen LogP contribution in [0, 0.1) is 5.92 Å². The first kappa shape index (κ1) is 18.2. The Morgan fingerprint density at radius 3 is 2.42 bits per heavy atom. The lowest BCUT2D eigenvalue weighted by atomic mass is 9.88. The predicted molar refractivity (Wildman–Crippen MR) is 104 cm³/mol. The van der Waals surface area contributed by atoms with Gasteiger partial charge in [0.25, 0.3) is 5.91 Å². The summed E-state index contributed by atoms with van der Waals surface area (Å²) in [5.74, 6) is 0.747. The van der Waals surface area contributed by atoms with E-state index in [1.165, 1.54) is 11.3 Å². The Morgan fingerprint density at radius 2 is 1.77 bits per heavy atom. The lowest BCUT2D eigenvalue weighted by molar-refractivity contribution is 0.0915. The quantitative estimate of drug-likeness (QED) is 0.668. The number of hydrogen-bond donors (Lipinski definition) is 1. The molecule has 3 aromatic rings. The van der Waals surface area contributed by atoms with Gasteiger partial charge in [0.2, 0.25) is 0 Å². The van der Waals surface area contributed by atoms with Crippen molar-refractivity contribution in [3.63, 3.8) is 0 Å². The van der Waals surface area contributed by atoms with E-state index in [2.05, 4.69) is 46.2 Å². The first-order valence-corrected chi connectivity index (χ1v) is 9.69. The molecule has 5 nitrogen and oxygen atoms in total. The van der Waals surface area contributed by atoms with E-state index in [0.29, 0.717) is 22.4 Å². The Bertz CT molecular complexity index is 831. The molecular weight excluding hydrogens is 344 g/mol. The SMILES string of the molecule is CCC(CC)C(NC(=O)c1csc(-c2ncccn2)n1)c1ccccc1. The molecule has 0 spiro atoms. The molecule has 0 bridgehead atoms. The molecule has 0 radical (unpaired) electrons. The van der Waals surface area contributed by atoms with Crippen molar-refractivity contribution in [3.05, 3.63) is 65.4 Å². The van der Waals surface area contributed by atoms with E-state index in [0.717, 1.165) is 18.4 Å². The molecule has 0 saturated carbocycles. The van der Waals surface area contributed by atoms with Crippen LogP contribution in [0.3, 0.4) is 0 Å². The van der Waals surface area contributed by atoms with Gasteiger partial charge in [-0.2, -0.15) is 0 Å². The summed E-state index contributed by atoms with van der Waals surface area (Å²) in [6.07, 6.45) is 5.33. The molecule has 1 N–H and O–H groups in total. The van der Waals surface area contributed by atoms with Crippen LogP contribution in [0.2, 0.25) is 0 Å². The summed E-state index contributed by atoms with van der Waals surface area (Å²) in [4.78, 5) is 25.6. The van der Waals surface area contributed by atoms with Gasteiger partial charge in [0, 0.05) is 17.8 Å². The minimum atomic E-state index is -0.163. The van der Waals surface area contributed by atoms with E-state index in [9.17, 15) is 4.79 Å². The van der Waals surface area contributed by atoms with E-state index in [4.69, 9.17) is 0 Å². The highest BCUT2D eigenvalue weighted by atomic mass is 32.1. The summed E-state index contributed by atoms with van der Waals surface area (Å²) >= 11 is 1.38. The third-order valence-electron chi connectivity index (χ3n) is 4.46. The second kappa shape index (κ2) is 8.67. The number of rotatable bonds is 7. The van der Waals surface area contributed by atoms with E-state index >= 15 is 0 Å². The van der Waals surface area contributed by atoms with Crippen LogP contribution < -0.4 is 5.32 Å². The first-order valence-electron chi connectivity index (χ1n) is 8.81. The molecule has 1 amide bonds. The van der Waals surface area contributed by atoms with E-state index in [1.54, 1.807) is 23.8 Å². The molecule has 1 atom stereocenters. The maximum absolute atomic E-state index is 12.8. The number of nitrogens with one attached hydrogen (secondary N) is 1. The Kier molecular flexibility index (Phi) is 6.07. The third kappa shape index (κ3) is 4.14. The van der Waals surface area contributed by atoms with Crippen LogP contribution >= 0.6 is 11.3 Å². The Morgan fingerprint density at radius 1 is 1.08 bits per heavy atom. The Balaban J connectivity index is 1.81.